The van der Waals surface area contributed by atoms with Gasteiger partial charge in [-0.25, -0.2) is 0 Å². The molecular formula is C72H125N2O6P. The maximum atomic E-state index is 13.0. The van der Waals surface area contributed by atoms with Crippen molar-refractivity contribution in [2.75, 3.05) is 40.9 Å². The first-order valence-corrected chi connectivity index (χ1v) is 34.5. The van der Waals surface area contributed by atoms with Crippen LogP contribution in [0.15, 0.2) is 134 Å². The van der Waals surface area contributed by atoms with Gasteiger partial charge in [0.1, 0.15) is 13.2 Å². The maximum Gasteiger partial charge on any atom is 0.268 e. The first-order valence-electron chi connectivity index (χ1n) is 33.0. The number of unbranched alkanes of at least 4 members (excludes halogenated alkanes) is 26. The summed E-state index contributed by atoms with van der Waals surface area (Å²) in [6.45, 7) is 4.51. The summed E-state index contributed by atoms with van der Waals surface area (Å²) in [6.07, 6.45) is 92.7. The van der Waals surface area contributed by atoms with E-state index in [9.17, 15) is 19.4 Å². The minimum atomic E-state index is -4.63. The summed E-state index contributed by atoms with van der Waals surface area (Å²) in [5.41, 5.74) is 0. The topological polar surface area (TPSA) is 108 Å². The molecule has 0 aliphatic heterocycles. The van der Waals surface area contributed by atoms with Crippen molar-refractivity contribution < 1.29 is 32.9 Å². The highest BCUT2D eigenvalue weighted by Gasteiger charge is 2.23. The van der Waals surface area contributed by atoms with Crippen LogP contribution >= 0.6 is 7.82 Å². The quantitative estimate of drug-likeness (QED) is 0.0272. The number of nitrogens with one attached hydrogen (secondary N) is 1. The zero-order chi connectivity index (χ0) is 59.1. The van der Waals surface area contributed by atoms with E-state index >= 15 is 0 Å². The number of carbonyl (C=O) groups excluding carboxylic acids is 1. The van der Waals surface area contributed by atoms with E-state index in [1.54, 1.807) is 6.08 Å². The standard InChI is InChI=1S/C72H125N2O6P/c1-6-8-10-12-14-16-18-20-22-24-26-28-30-32-34-35-36-37-38-39-40-42-44-46-48-50-52-54-56-58-60-62-64-66-72(76)73-70(69-80-81(77,78)79-68-67-74(3,4)5)71(75)65-63-61-59-57-55-53-51-49-47-45-43-41-33-31-29-27-25-23-21-19-17-15-13-11-9-7-2/h8,10,14,16,20,22,26,28,32,34,36-37,39-40,44,46,50,52,55,57,63,65,70-71,75H,6-7,9,11-13,15,17-19,21,23-25,27,29-31,33,35,38,41-43,45,47-49,51,53-54,56,58-62,64,66-69H2,1-5H3,(H-,73,76,77,78)/b10-8-,16-14-,22-20-,28-26-,34-32-,37-36-,40-39-,46-44-,52-50-,57-55+,65-63+. The Morgan fingerprint density at radius 1 is 0.444 bits per heavy atom. The first-order chi connectivity index (χ1) is 39.5. The average Bonchev–Trinajstić information content (AvgIpc) is 3.43. The lowest BCUT2D eigenvalue weighted by molar-refractivity contribution is -0.870. The molecule has 0 aliphatic rings. The number of amides is 1. The van der Waals surface area contributed by atoms with Crippen LogP contribution < -0.4 is 10.2 Å². The number of carbonyl (C=O) groups is 1. The highest BCUT2D eigenvalue weighted by atomic mass is 31.2. The highest BCUT2D eigenvalue weighted by molar-refractivity contribution is 7.45. The number of quaternary nitrogens is 1. The predicted octanol–water partition coefficient (Wildman–Crippen LogP) is 20.4. The van der Waals surface area contributed by atoms with Gasteiger partial charge in [0.05, 0.1) is 39.9 Å². The fourth-order valence-electron chi connectivity index (χ4n) is 8.99. The molecular weight excluding hydrogens is 1020 g/mol. The van der Waals surface area contributed by atoms with Crippen LogP contribution in [0.25, 0.3) is 0 Å². The van der Waals surface area contributed by atoms with Crippen molar-refractivity contribution in [1.82, 2.24) is 5.32 Å². The largest absolute Gasteiger partial charge is 0.756 e. The van der Waals surface area contributed by atoms with Crippen LogP contribution in [0.2, 0.25) is 0 Å². The van der Waals surface area contributed by atoms with Gasteiger partial charge in [-0.2, -0.15) is 0 Å². The third-order valence-electron chi connectivity index (χ3n) is 14.1. The molecule has 0 radical (unpaired) electrons. The van der Waals surface area contributed by atoms with Crippen LogP contribution in [0.3, 0.4) is 0 Å². The number of rotatable bonds is 59. The second-order valence-corrected chi connectivity index (χ2v) is 24.5. The molecule has 0 aromatic rings. The van der Waals surface area contributed by atoms with Gasteiger partial charge in [-0.3, -0.25) is 9.36 Å². The van der Waals surface area contributed by atoms with E-state index in [1.807, 2.05) is 27.2 Å². The van der Waals surface area contributed by atoms with Crippen LogP contribution in [-0.2, 0) is 18.4 Å². The minimum Gasteiger partial charge on any atom is -0.756 e. The third kappa shape index (κ3) is 64.1. The van der Waals surface area contributed by atoms with E-state index in [1.165, 1.54) is 128 Å². The summed E-state index contributed by atoms with van der Waals surface area (Å²) >= 11 is 0. The third-order valence-corrected chi connectivity index (χ3v) is 15.1. The zero-order valence-corrected chi connectivity index (χ0v) is 53.8. The van der Waals surface area contributed by atoms with E-state index in [2.05, 4.69) is 141 Å². The highest BCUT2D eigenvalue weighted by Crippen LogP contribution is 2.38. The Kier molecular flexibility index (Phi) is 58.7. The average molecular weight is 1150 g/mol. The zero-order valence-electron chi connectivity index (χ0n) is 52.9. The Balaban J connectivity index is 4.27. The van der Waals surface area contributed by atoms with Gasteiger partial charge in [0.15, 0.2) is 0 Å². The maximum absolute atomic E-state index is 13.0. The van der Waals surface area contributed by atoms with Gasteiger partial charge in [-0.1, -0.05) is 289 Å². The molecule has 8 nitrogen and oxygen atoms in total. The van der Waals surface area contributed by atoms with E-state index in [0.717, 1.165) is 116 Å². The lowest BCUT2D eigenvalue weighted by Gasteiger charge is -2.29. The molecule has 0 saturated carbocycles. The molecule has 464 valence electrons. The monoisotopic (exact) mass is 1140 g/mol. The molecule has 9 heteroatoms. The van der Waals surface area contributed by atoms with Crippen LogP contribution in [0.1, 0.15) is 264 Å². The van der Waals surface area contributed by atoms with Gasteiger partial charge in [-0.15, -0.1) is 0 Å². The van der Waals surface area contributed by atoms with Crippen molar-refractivity contribution in [2.45, 2.75) is 276 Å². The number of hydrogen-bond acceptors (Lipinski definition) is 6. The van der Waals surface area contributed by atoms with Crippen molar-refractivity contribution >= 4 is 13.7 Å². The smallest absolute Gasteiger partial charge is 0.268 e. The number of aliphatic hydroxyl groups is 1. The van der Waals surface area contributed by atoms with Crippen molar-refractivity contribution in [3.8, 4) is 0 Å². The van der Waals surface area contributed by atoms with Gasteiger partial charge in [0.2, 0.25) is 5.91 Å². The summed E-state index contributed by atoms with van der Waals surface area (Å²) in [6, 6.07) is -0.926. The number of hydrogen-bond donors (Lipinski definition) is 2. The number of phosphoric acid groups is 1. The molecule has 0 rings (SSSR count). The summed E-state index contributed by atoms with van der Waals surface area (Å²) in [4.78, 5) is 25.6. The Morgan fingerprint density at radius 3 is 1.15 bits per heavy atom. The molecule has 0 aromatic heterocycles. The Morgan fingerprint density at radius 2 is 0.765 bits per heavy atom. The molecule has 2 N–H and O–H groups in total. The molecule has 0 heterocycles. The molecule has 1 amide bonds. The van der Waals surface area contributed by atoms with Crippen molar-refractivity contribution in [3.63, 3.8) is 0 Å². The Labute approximate surface area is 500 Å². The van der Waals surface area contributed by atoms with Crippen molar-refractivity contribution in [1.29, 1.82) is 0 Å². The number of nitrogens with zero attached hydrogens (tertiary/aromatic N) is 1. The minimum absolute atomic E-state index is 0.0176. The molecule has 0 fully saturated rings. The van der Waals surface area contributed by atoms with Crippen LogP contribution in [0, 0.1) is 0 Å². The van der Waals surface area contributed by atoms with Crippen molar-refractivity contribution in [2.24, 2.45) is 0 Å². The molecule has 0 aliphatic carbocycles. The van der Waals surface area contributed by atoms with Crippen LogP contribution in [-0.4, -0.2) is 68.5 Å². The number of phosphoric ester groups is 1. The molecule has 3 unspecified atom stereocenters. The first kappa shape index (κ1) is 77.6. The fraction of sp³-hybridized carbons (Fsp3) is 0.681. The fourth-order valence-corrected chi connectivity index (χ4v) is 9.71. The summed E-state index contributed by atoms with van der Waals surface area (Å²) in [7, 11) is 1.21. The molecule has 81 heavy (non-hydrogen) atoms. The lowest BCUT2D eigenvalue weighted by Crippen LogP contribution is -2.45. The van der Waals surface area contributed by atoms with E-state index in [-0.39, 0.29) is 12.5 Å². The Bertz CT molecular complexity index is 1780. The second-order valence-electron chi connectivity index (χ2n) is 23.1. The molecule has 0 saturated heterocycles. The predicted molar refractivity (Wildman–Crippen MR) is 352 cm³/mol. The number of aliphatic hydroxyl groups excluding tert-OH is 1. The van der Waals surface area contributed by atoms with Gasteiger partial charge in [0.25, 0.3) is 7.82 Å². The number of likely N-dealkylation sites (N-methyl/N-ethyl adjacent to an activating group) is 1. The summed E-state index contributed by atoms with van der Waals surface area (Å²) in [5, 5.41) is 13.9. The molecule has 0 aromatic carbocycles. The van der Waals surface area contributed by atoms with Gasteiger partial charge in [0, 0.05) is 6.42 Å². The Hall–Kier alpha value is -3.36. The molecule has 0 spiro atoms. The van der Waals surface area contributed by atoms with E-state index in [0.29, 0.717) is 17.4 Å². The lowest BCUT2D eigenvalue weighted by atomic mass is 10.0. The van der Waals surface area contributed by atoms with Gasteiger partial charge >= 0.3 is 0 Å². The van der Waals surface area contributed by atoms with Gasteiger partial charge in [-0.05, 0) is 103 Å². The van der Waals surface area contributed by atoms with E-state index in [4.69, 9.17) is 9.05 Å². The normalized spacial score (nSPS) is 14.6. The van der Waals surface area contributed by atoms with Crippen molar-refractivity contribution in [3.05, 3.63) is 134 Å². The van der Waals surface area contributed by atoms with Crippen LogP contribution in [0.4, 0.5) is 0 Å². The van der Waals surface area contributed by atoms with E-state index < -0.39 is 26.6 Å². The molecule has 3 atom stereocenters. The van der Waals surface area contributed by atoms with Crippen LogP contribution in [0.5, 0.6) is 0 Å². The number of allylic oxidation sites excluding steroid dienone is 21. The van der Waals surface area contributed by atoms with Gasteiger partial charge < -0.3 is 28.8 Å². The second kappa shape index (κ2) is 61.2. The SMILES string of the molecule is CC/C=C\C/C=C\C/C=C\C/C=C\C/C=C\C/C=C\C/C=C\C/C=C\C/C=C\CCCCCCCC(=O)NC(COP(=O)([O-])OCC[N+](C)(C)C)C(O)/C=C/CC/C=C/CCCCCCCCCCCCCCCCCCCCCC. The molecule has 0 bridgehead atoms. The summed E-state index contributed by atoms with van der Waals surface area (Å²) < 4.78 is 23.4. The summed E-state index contributed by atoms with van der Waals surface area (Å²) in [5.74, 6) is -0.230.